The van der Waals surface area contributed by atoms with E-state index >= 15 is 0 Å². The van der Waals surface area contributed by atoms with Gasteiger partial charge < -0.3 is 14.6 Å². The average molecular weight is 253 g/mol. The van der Waals surface area contributed by atoms with Crippen LogP contribution in [0.4, 0.5) is 0 Å². The molecule has 0 aliphatic heterocycles. The zero-order chi connectivity index (χ0) is 13.6. The van der Waals surface area contributed by atoms with Crippen LogP contribution >= 0.6 is 0 Å². The maximum Gasteiger partial charge on any atom is 0.325 e. The lowest BCUT2D eigenvalue weighted by atomic mass is 9.95. The second-order valence-corrected chi connectivity index (χ2v) is 4.70. The van der Waals surface area contributed by atoms with Crippen LogP contribution in [0.15, 0.2) is 12.4 Å². The van der Waals surface area contributed by atoms with Crippen LogP contribution in [-0.4, -0.2) is 35.2 Å². The minimum absolute atomic E-state index is 0.205. The third-order valence-corrected chi connectivity index (χ3v) is 3.44. The summed E-state index contributed by atoms with van der Waals surface area (Å²) in [4.78, 5) is 15.8. The molecule has 1 unspecified atom stereocenters. The maximum atomic E-state index is 11.6. The number of rotatable bonds is 7. The molecule has 102 valence electrons. The predicted molar refractivity (Wildman–Crippen MR) is 70.3 cm³/mol. The fraction of sp³-hybridized carbons (Fsp3) is 0.692. The van der Waals surface area contributed by atoms with Gasteiger partial charge in [0.25, 0.3) is 0 Å². The van der Waals surface area contributed by atoms with Gasteiger partial charge >= 0.3 is 5.97 Å². The second-order valence-electron chi connectivity index (χ2n) is 4.70. The smallest absolute Gasteiger partial charge is 0.325 e. The third kappa shape index (κ3) is 3.57. The van der Waals surface area contributed by atoms with Crippen LogP contribution in [0.5, 0.6) is 0 Å². The molecule has 0 aromatic carbocycles. The minimum atomic E-state index is -0.585. The molecule has 1 heterocycles. The Kier molecular flexibility index (Phi) is 5.34. The Morgan fingerprint density at radius 2 is 2.28 bits per heavy atom. The van der Waals surface area contributed by atoms with Gasteiger partial charge in [-0.25, -0.2) is 4.98 Å². The molecule has 0 saturated carbocycles. The first-order valence-corrected chi connectivity index (χ1v) is 6.28. The minimum Gasteiger partial charge on any atom is -0.468 e. The lowest BCUT2D eigenvalue weighted by Crippen LogP contribution is -2.48. The van der Waals surface area contributed by atoms with Crippen molar-refractivity contribution in [2.75, 3.05) is 14.2 Å². The van der Waals surface area contributed by atoms with E-state index in [1.807, 2.05) is 26.2 Å². The number of likely N-dealkylation sites (N-methyl/N-ethyl adjacent to an activating group) is 1. The van der Waals surface area contributed by atoms with Crippen molar-refractivity contribution in [2.24, 2.45) is 0 Å². The number of unbranched alkanes of at least 4 members (excludes halogenated alkanes) is 1. The monoisotopic (exact) mass is 253 g/mol. The van der Waals surface area contributed by atoms with Crippen molar-refractivity contribution < 1.29 is 9.53 Å². The maximum absolute atomic E-state index is 11.6. The first kappa shape index (κ1) is 14.7. The molecule has 1 rings (SSSR count). The number of imidazole rings is 1. The molecule has 1 aromatic heterocycles. The molecule has 0 radical (unpaired) electrons. The van der Waals surface area contributed by atoms with Gasteiger partial charge in [0.2, 0.25) is 0 Å². The van der Waals surface area contributed by atoms with Gasteiger partial charge in [-0.15, -0.1) is 0 Å². The van der Waals surface area contributed by atoms with Crippen LogP contribution in [0.3, 0.4) is 0 Å². The molecule has 0 spiro atoms. The number of aromatic nitrogens is 2. The van der Waals surface area contributed by atoms with Crippen LogP contribution in [0.2, 0.25) is 0 Å². The molecule has 0 aliphatic carbocycles. The highest BCUT2D eigenvalue weighted by atomic mass is 16.5. The molecule has 0 saturated heterocycles. The third-order valence-electron chi connectivity index (χ3n) is 3.44. The van der Waals surface area contributed by atoms with E-state index in [9.17, 15) is 4.79 Å². The van der Waals surface area contributed by atoms with Gasteiger partial charge in [0, 0.05) is 18.9 Å². The van der Waals surface area contributed by atoms with Gasteiger partial charge in [-0.1, -0.05) is 0 Å². The summed E-state index contributed by atoms with van der Waals surface area (Å²) < 4.78 is 6.93. The summed E-state index contributed by atoms with van der Waals surface area (Å²) in [5, 5.41) is 3.04. The van der Waals surface area contributed by atoms with E-state index < -0.39 is 5.54 Å². The number of aryl methyl sites for hydroxylation is 2. The molecule has 1 atom stereocenters. The molecule has 5 heteroatoms. The van der Waals surface area contributed by atoms with E-state index in [0.29, 0.717) is 0 Å². The summed E-state index contributed by atoms with van der Waals surface area (Å²) >= 11 is 0. The van der Waals surface area contributed by atoms with E-state index in [1.54, 1.807) is 7.05 Å². The van der Waals surface area contributed by atoms with E-state index in [-0.39, 0.29) is 5.97 Å². The average Bonchev–Trinajstić information content (AvgIpc) is 2.79. The summed E-state index contributed by atoms with van der Waals surface area (Å²) in [6.45, 7) is 4.81. The molecule has 0 bridgehead atoms. The van der Waals surface area contributed by atoms with Crippen molar-refractivity contribution in [3.63, 3.8) is 0 Å². The van der Waals surface area contributed by atoms with Crippen LogP contribution in [-0.2, 0) is 16.1 Å². The van der Waals surface area contributed by atoms with Gasteiger partial charge in [-0.3, -0.25) is 4.79 Å². The van der Waals surface area contributed by atoms with Gasteiger partial charge in [-0.05, 0) is 40.2 Å². The Morgan fingerprint density at radius 3 is 2.78 bits per heavy atom. The van der Waals surface area contributed by atoms with Crippen molar-refractivity contribution in [3.05, 3.63) is 18.2 Å². The van der Waals surface area contributed by atoms with E-state index in [2.05, 4.69) is 14.9 Å². The SMILES string of the molecule is CNC(C)(CCCCn1ccnc1C)C(=O)OC. The van der Waals surface area contributed by atoms with Crippen LogP contribution in [0.25, 0.3) is 0 Å². The number of carbonyl (C=O) groups is 1. The molecular formula is C13H23N3O2. The first-order valence-electron chi connectivity index (χ1n) is 6.28. The number of methoxy groups -OCH3 is 1. The van der Waals surface area contributed by atoms with Gasteiger partial charge in [0.05, 0.1) is 7.11 Å². The number of nitrogens with one attached hydrogen (secondary N) is 1. The van der Waals surface area contributed by atoms with Gasteiger partial charge in [0.1, 0.15) is 11.4 Å². The summed E-state index contributed by atoms with van der Waals surface area (Å²) in [5.41, 5.74) is -0.585. The molecule has 1 aromatic rings. The Balaban J connectivity index is 2.36. The second kappa shape index (κ2) is 6.54. The van der Waals surface area contributed by atoms with E-state index in [1.165, 1.54) is 7.11 Å². The van der Waals surface area contributed by atoms with Gasteiger partial charge in [0.15, 0.2) is 0 Å². The number of hydrogen-bond donors (Lipinski definition) is 1. The van der Waals surface area contributed by atoms with Crippen molar-refractivity contribution in [2.45, 2.75) is 45.2 Å². The topological polar surface area (TPSA) is 56.2 Å². The largest absolute Gasteiger partial charge is 0.468 e. The lowest BCUT2D eigenvalue weighted by molar-refractivity contribution is -0.148. The molecule has 18 heavy (non-hydrogen) atoms. The molecule has 0 amide bonds. The summed E-state index contributed by atoms with van der Waals surface area (Å²) in [6, 6.07) is 0. The molecule has 1 N–H and O–H groups in total. The highest BCUT2D eigenvalue weighted by molar-refractivity contribution is 5.80. The number of carbonyl (C=O) groups excluding carboxylic acids is 1. The predicted octanol–water partition coefficient (Wildman–Crippen LogP) is 1.51. The van der Waals surface area contributed by atoms with E-state index in [0.717, 1.165) is 31.6 Å². The normalized spacial score (nSPS) is 14.2. The Morgan fingerprint density at radius 1 is 1.56 bits per heavy atom. The molecular weight excluding hydrogens is 230 g/mol. The fourth-order valence-corrected chi connectivity index (χ4v) is 1.96. The molecule has 0 aliphatic rings. The standard InChI is InChI=1S/C13H23N3O2/c1-11-15-8-10-16(11)9-6-5-7-13(2,14-3)12(17)18-4/h8,10,14H,5-7,9H2,1-4H3. The van der Waals surface area contributed by atoms with E-state index in [4.69, 9.17) is 4.74 Å². The van der Waals surface area contributed by atoms with Crippen LogP contribution in [0, 0.1) is 6.92 Å². The first-order chi connectivity index (χ1) is 8.53. The van der Waals surface area contributed by atoms with Gasteiger partial charge in [-0.2, -0.15) is 0 Å². The lowest BCUT2D eigenvalue weighted by Gasteiger charge is -2.26. The number of nitrogens with zero attached hydrogens (tertiary/aromatic N) is 2. The quantitative estimate of drug-likeness (QED) is 0.591. The zero-order valence-electron chi connectivity index (χ0n) is 11.7. The van der Waals surface area contributed by atoms with Crippen molar-refractivity contribution in [1.82, 2.24) is 14.9 Å². The van der Waals surface area contributed by atoms with Crippen LogP contribution < -0.4 is 5.32 Å². The summed E-state index contributed by atoms with van der Waals surface area (Å²) in [6.07, 6.45) is 6.54. The number of esters is 1. The molecule has 5 nitrogen and oxygen atoms in total. The fourth-order valence-electron chi connectivity index (χ4n) is 1.96. The summed E-state index contributed by atoms with van der Waals surface area (Å²) in [7, 11) is 3.21. The molecule has 0 fully saturated rings. The van der Waals surface area contributed by atoms with Crippen molar-refractivity contribution >= 4 is 5.97 Å². The number of ether oxygens (including phenoxy) is 1. The van der Waals surface area contributed by atoms with Crippen LogP contribution in [0.1, 0.15) is 32.0 Å². The Labute approximate surface area is 109 Å². The Hall–Kier alpha value is -1.36. The van der Waals surface area contributed by atoms with Crippen molar-refractivity contribution in [3.8, 4) is 0 Å². The van der Waals surface area contributed by atoms with Crippen molar-refractivity contribution in [1.29, 1.82) is 0 Å². The highest BCUT2D eigenvalue weighted by Crippen LogP contribution is 2.15. The zero-order valence-corrected chi connectivity index (χ0v) is 11.7. The highest BCUT2D eigenvalue weighted by Gasteiger charge is 2.31. The summed E-state index contributed by atoms with van der Waals surface area (Å²) in [5.74, 6) is 0.822. The number of hydrogen-bond acceptors (Lipinski definition) is 4. The Bertz CT molecular complexity index is 389.